The fraction of sp³-hybridized carbons (Fsp3) is 0.455. The highest BCUT2D eigenvalue weighted by atomic mass is 16.3. The third-order valence-electron chi connectivity index (χ3n) is 3.11. The molecule has 0 saturated heterocycles. The average Bonchev–Trinajstić information content (AvgIpc) is 2.50. The standard InChI is InChI=1S/C11H16N2O/c1-6-3-4-9(14)11-8(13-12)5-7(2)10(6)11/h3-4,7-8,13-14H,5,12H2,1-2H3/t7-,8+/m0/s1. The number of phenolic OH excluding ortho intramolecular Hbond substituents is 1. The van der Waals surface area contributed by atoms with E-state index in [9.17, 15) is 5.11 Å². The Hall–Kier alpha value is -1.06. The van der Waals surface area contributed by atoms with Crippen LogP contribution in [0.15, 0.2) is 12.1 Å². The zero-order chi connectivity index (χ0) is 10.3. The summed E-state index contributed by atoms with van der Waals surface area (Å²) in [5, 5.41) is 9.78. The molecule has 1 aliphatic carbocycles. The SMILES string of the molecule is Cc1ccc(O)c2c1[C@@H](C)C[C@H]2NN. The Morgan fingerprint density at radius 3 is 2.79 bits per heavy atom. The van der Waals surface area contributed by atoms with Gasteiger partial charge in [-0.3, -0.25) is 11.3 Å². The fourth-order valence-corrected chi connectivity index (χ4v) is 2.49. The van der Waals surface area contributed by atoms with Crippen LogP contribution in [-0.2, 0) is 0 Å². The van der Waals surface area contributed by atoms with Crippen LogP contribution in [0.5, 0.6) is 5.75 Å². The highest BCUT2D eigenvalue weighted by molar-refractivity contribution is 5.50. The van der Waals surface area contributed by atoms with Crippen molar-refractivity contribution in [1.29, 1.82) is 0 Å². The summed E-state index contributed by atoms with van der Waals surface area (Å²) in [5.74, 6) is 6.30. The number of nitrogens with one attached hydrogen (secondary N) is 1. The molecule has 76 valence electrons. The minimum atomic E-state index is 0.0971. The molecular formula is C11H16N2O. The van der Waals surface area contributed by atoms with E-state index >= 15 is 0 Å². The number of hydrazine groups is 1. The van der Waals surface area contributed by atoms with Gasteiger partial charge >= 0.3 is 0 Å². The summed E-state index contributed by atoms with van der Waals surface area (Å²) < 4.78 is 0. The monoisotopic (exact) mass is 192 g/mol. The largest absolute Gasteiger partial charge is 0.508 e. The number of aromatic hydroxyl groups is 1. The van der Waals surface area contributed by atoms with Crippen molar-refractivity contribution in [1.82, 2.24) is 5.43 Å². The Morgan fingerprint density at radius 1 is 1.43 bits per heavy atom. The van der Waals surface area contributed by atoms with Gasteiger partial charge in [0, 0.05) is 5.56 Å². The summed E-state index contributed by atoms with van der Waals surface area (Å²) in [7, 11) is 0. The minimum Gasteiger partial charge on any atom is -0.508 e. The second-order valence-corrected chi connectivity index (χ2v) is 4.08. The molecule has 0 fully saturated rings. The summed E-state index contributed by atoms with van der Waals surface area (Å²) in [6.45, 7) is 4.25. The normalized spacial score (nSPS) is 25.1. The highest BCUT2D eigenvalue weighted by Crippen LogP contribution is 2.45. The van der Waals surface area contributed by atoms with Gasteiger partial charge in [0.25, 0.3) is 0 Å². The summed E-state index contributed by atoms with van der Waals surface area (Å²) in [6, 6.07) is 3.81. The molecule has 0 amide bonds. The lowest BCUT2D eigenvalue weighted by molar-refractivity contribution is 0.449. The van der Waals surface area contributed by atoms with Crippen LogP contribution in [0, 0.1) is 6.92 Å². The second-order valence-electron chi connectivity index (χ2n) is 4.08. The van der Waals surface area contributed by atoms with Crippen molar-refractivity contribution in [3.63, 3.8) is 0 Å². The Labute approximate surface area is 83.9 Å². The Morgan fingerprint density at radius 2 is 2.14 bits per heavy atom. The lowest BCUT2D eigenvalue weighted by atomic mass is 9.97. The molecular weight excluding hydrogens is 176 g/mol. The zero-order valence-corrected chi connectivity index (χ0v) is 8.54. The molecule has 0 heterocycles. The molecule has 0 unspecified atom stereocenters. The maximum atomic E-state index is 9.78. The number of phenols is 1. The lowest BCUT2D eigenvalue weighted by Gasteiger charge is -2.12. The van der Waals surface area contributed by atoms with Gasteiger partial charge in [0.05, 0.1) is 6.04 Å². The van der Waals surface area contributed by atoms with Crippen molar-refractivity contribution in [2.45, 2.75) is 32.2 Å². The Kier molecular flexibility index (Phi) is 2.21. The molecule has 1 aromatic carbocycles. The van der Waals surface area contributed by atoms with E-state index in [0.29, 0.717) is 11.7 Å². The third-order valence-corrected chi connectivity index (χ3v) is 3.11. The van der Waals surface area contributed by atoms with E-state index in [1.807, 2.05) is 6.07 Å². The Balaban J connectivity index is 2.60. The molecule has 3 heteroatoms. The number of hydrogen-bond donors (Lipinski definition) is 3. The van der Waals surface area contributed by atoms with Gasteiger partial charge in [-0.25, -0.2) is 0 Å². The van der Waals surface area contributed by atoms with Gasteiger partial charge in [0.2, 0.25) is 0 Å². The molecule has 0 bridgehead atoms. The molecule has 3 nitrogen and oxygen atoms in total. The maximum absolute atomic E-state index is 9.78. The first-order valence-electron chi connectivity index (χ1n) is 4.93. The quantitative estimate of drug-likeness (QED) is 0.469. The van der Waals surface area contributed by atoms with Gasteiger partial charge in [-0.15, -0.1) is 0 Å². The molecule has 14 heavy (non-hydrogen) atoms. The highest BCUT2D eigenvalue weighted by Gasteiger charge is 2.31. The van der Waals surface area contributed by atoms with Gasteiger partial charge in [-0.05, 0) is 36.5 Å². The maximum Gasteiger partial charge on any atom is 0.120 e. The third kappa shape index (κ3) is 1.21. The van der Waals surface area contributed by atoms with Crippen molar-refractivity contribution in [3.8, 4) is 5.75 Å². The first-order valence-corrected chi connectivity index (χ1v) is 4.93. The van der Waals surface area contributed by atoms with Crippen LogP contribution in [0.4, 0.5) is 0 Å². The molecule has 0 aliphatic heterocycles. The summed E-state index contributed by atoms with van der Waals surface area (Å²) >= 11 is 0. The van der Waals surface area contributed by atoms with E-state index in [4.69, 9.17) is 5.84 Å². The van der Waals surface area contributed by atoms with E-state index in [1.165, 1.54) is 11.1 Å². The van der Waals surface area contributed by atoms with Crippen molar-refractivity contribution in [2.75, 3.05) is 0 Å². The molecule has 2 rings (SSSR count). The fourth-order valence-electron chi connectivity index (χ4n) is 2.49. The molecule has 0 aromatic heterocycles. The predicted molar refractivity (Wildman–Crippen MR) is 55.9 cm³/mol. The minimum absolute atomic E-state index is 0.0971. The van der Waals surface area contributed by atoms with E-state index in [0.717, 1.165) is 12.0 Å². The van der Waals surface area contributed by atoms with Crippen molar-refractivity contribution in [3.05, 3.63) is 28.8 Å². The molecule has 2 atom stereocenters. The average molecular weight is 192 g/mol. The van der Waals surface area contributed by atoms with Gasteiger partial charge in [0.15, 0.2) is 0 Å². The van der Waals surface area contributed by atoms with Crippen LogP contribution in [0.2, 0.25) is 0 Å². The van der Waals surface area contributed by atoms with Gasteiger partial charge < -0.3 is 5.11 Å². The zero-order valence-electron chi connectivity index (χ0n) is 8.54. The molecule has 1 aliphatic rings. The smallest absolute Gasteiger partial charge is 0.120 e. The van der Waals surface area contributed by atoms with Crippen LogP contribution in [0.25, 0.3) is 0 Å². The molecule has 0 radical (unpaired) electrons. The van der Waals surface area contributed by atoms with E-state index in [-0.39, 0.29) is 6.04 Å². The van der Waals surface area contributed by atoms with E-state index < -0.39 is 0 Å². The van der Waals surface area contributed by atoms with E-state index in [2.05, 4.69) is 19.3 Å². The number of fused-ring (bicyclic) bond motifs is 1. The van der Waals surface area contributed by atoms with Crippen LogP contribution < -0.4 is 11.3 Å². The van der Waals surface area contributed by atoms with E-state index in [1.54, 1.807) is 6.07 Å². The summed E-state index contributed by atoms with van der Waals surface area (Å²) in [4.78, 5) is 0. The van der Waals surface area contributed by atoms with Crippen LogP contribution in [0.1, 0.15) is 42.0 Å². The van der Waals surface area contributed by atoms with Gasteiger partial charge in [-0.2, -0.15) is 0 Å². The summed E-state index contributed by atoms with van der Waals surface area (Å²) in [6.07, 6.45) is 0.963. The number of aryl methyl sites for hydroxylation is 1. The van der Waals surface area contributed by atoms with Crippen LogP contribution in [0.3, 0.4) is 0 Å². The first-order chi connectivity index (χ1) is 6.65. The summed E-state index contributed by atoms with van der Waals surface area (Å²) in [5.41, 5.74) is 6.24. The van der Waals surface area contributed by atoms with Crippen LogP contribution >= 0.6 is 0 Å². The molecule has 4 N–H and O–H groups in total. The molecule has 1 aromatic rings. The number of hydrogen-bond acceptors (Lipinski definition) is 3. The Bertz CT molecular complexity index is 363. The van der Waals surface area contributed by atoms with Gasteiger partial charge in [-0.1, -0.05) is 13.0 Å². The van der Waals surface area contributed by atoms with Crippen molar-refractivity contribution < 1.29 is 5.11 Å². The molecule has 0 saturated carbocycles. The van der Waals surface area contributed by atoms with Crippen molar-refractivity contribution in [2.24, 2.45) is 5.84 Å². The first kappa shape index (κ1) is 9.49. The van der Waals surface area contributed by atoms with Crippen LogP contribution in [-0.4, -0.2) is 5.11 Å². The molecule has 0 spiro atoms. The number of benzene rings is 1. The topological polar surface area (TPSA) is 58.3 Å². The number of rotatable bonds is 1. The van der Waals surface area contributed by atoms with Gasteiger partial charge in [0.1, 0.15) is 5.75 Å². The lowest BCUT2D eigenvalue weighted by Crippen LogP contribution is -2.26. The second kappa shape index (κ2) is 3.26. The number of nitrogens with two attached hydrogens (primary N) is 1. The predicted octanol–water partition coefficient (Wildman–Crippen LogP) is 1.71. The van der Waals surface area contributed by atoms with Crippen molar-refractivity contribution >= 4 is 0 Å².